The number of para-hydroxylation sites is 1. The van der Waals surface area contributed by atoms with Crippen LogP contribution in [-0.4, -0.2) is 24.9 Å². The number of benzene rings is 2. The van der Waals surface area contributed by atoms with Crippen LogP contribution in [0.1, 0.15) is 39.4 Å². The number of fused-ring (bicyclic) bond motifs is 1. The molecule has 0 N–H and O–H groups in total. The molecule has 0 amide bonds. The van der Waals surface area contributed by atoms with E-state index < -0.39 is 0 Å². The second-order valence-electron chi connectivity index (χ2n) is 7.73. The Bertz CT molecular complexity index is 803. The van der Waals surface area contributed by atoms with Gasteiger partial charge in [-0.2, -0.15) is 0 Å². The Labute approximate surface area is 163 Å². The van der Waals surface area contributed by atoms with Crippen molar-refractivity contribution in [2.75, 3.05) is 6.61 Å². The molecule has 2 aliphatic rings. The molecular weight excluding hydrogens is 395 g/mol. The average molecular weight is 417 g/mol. The molecule has 0 spiro atoms. The van der Waals surface area contributed by atoms with Crippen molar-refractivity contribution < 1.29 is 18.8 Å². The van der Waals surface area contributed by atoms with Crippen LogP contribution in [0.25, 0.3) is 0 Å². The van der Waals surface area contributed by atoms with E-state index in [9.17, 15) is 0 Å². The highest BCUT2D eigenvalue weighted by molar-refractivity contribution is 9.10. The number of hydrogen-bond acceptors (Lipinski definition) is 4. The van der Waals surface area contributed by atoms with Crippen LogP contribution >= 0.6 is 15.9 Å². The minimum atomic E-state index is -0.361. The molecule has 2 heterocycles. The standard InChI is InChI=1S/C20H22BBrO4/c1-19(2)20(3,4)26-21(25-19)13-8-10-14(11-9-13)24-17-12-23-18-15(17)6-5-7-16(18)22/h5-11,17H,12H2,1-4H3. The van der Waals surface area contributed by atoms with E-state index in [4.69, 9.17) is 18.8 Å². The van der Waals surface area contributed by atoms with E-state index >= 15 is 0 Å². The molecule has 4 nitrogen and oxygen atoms in total. The first-order chi connectivity index (χ1) is 12.3. The number of halogens is 1. The Morgan fingerprint density at radius 2 is 1.65 bits per heavy atom. The fraction of sp³-hybridized carbons (Fsp3) is 0.400. The largest absolute Gasteiger partial charge is 0.494 e. The maximum Gasteiger partial charge on any atom is 0.494 e. The fourth-order valence-corrected chi connectivity index (χ4v) is 3.62. The summed E-state index contributed by atoms with van der Waals surface area (Å²) in [7, 11) is -0.361. The molecule has 2 aromatic rings. The predicted molar refractivity (Wildman–Crippen MR) is 105 cm³/mol. The number of hydrogen-bond donors (Lipinski definition) is 0. The van der Waals surface area contributed by atoms with Gasteiger partial charge in [-0.15, -0.1) is 0 Å². The summed E-state index contributed by atoms with van der Waals surface area (Å²) in [5.41, 5.74) is 1.37. The van der Waals surface area contributed by atoms with Gasteiger partial charge in [-0.25, -0.2) is 0 Å². The van der Waals surface area contributed by atoms with Gasteiger partial charge < -0.3 is 18.8 Å². The van der Waals surface area contributed by atoms with Gasteiger partial charge in [0.05, 0.1) is 15.7 Å². The second-order valence-corrected chi connectivity index (χ2v) is 8.59. The maximum absolute atomic E-state index is 6.13. The van der Waals surface area contributed by atoms with E-state index in [0.717, 1.165) is 27.0 Å². The zero-order valence-electron chi connectivity index (χ0n) is 15.4. The van der Waals surface area contributed by atoms with Gasteiger partial charge in [0.25, 0.3) is 0 Å². The Morgan fingerprint density at radius 3 is 2.31 bits per heavy atom. The van der Waals surface area contributed by atoms with Crippen LogP contribution in [0.15, 0.2) is 46.9 Å². The van der Waals surface area contributed by atoms with E-state index in [2.05, 4.69) is 43.6 Å². The highest BCUT2D eigenvalue weighted by atomic mass is 79.9. The molecule has 1 saturated heterocycles. The first-order valence-electron chi connectivity index (χ1n) is 8.80. The van der Waals surface area contributed by atoms with Crippen LogP contribution in [0.4, 0.5) is 0 Å². The van der Waals surface area contributed by atoms with E-state index in [0.29, 0.717) is 6.61 Å². The van der Waals surface area contributed by atoms with Crippen molar-refractivity contribution in [2.45, 2.75) is 45.0 Å². The lowest BCUT2D eigenvalue weighted by atomic mass is 9.79. The summed E-state index contributed by atoms with van der Waals surface area (Å²) in [6.45, 7) is 8.73. The molecule has 4 rings (SSSR count). The Morgan fingerprint density at radius 1 is 1.00 bits per heavy atom. The zero-order valence-corrected chi connectivity index (χ0v) is 17.0. The Hall–Kier alpha value is -1.50. The van der Waals surface area contributed by atoms with Gasteiger partial charge in [0, 0.05) is 5.56 Å². The van der Waals surface area contributed by atoms with Crippen LogP contribution in [0.5, 0.6) is 11.5 Å². The van der Waals surface area contributed by atoms with Crippen molar-refractivity contribution in [2.24, 2.45) is 0 Å². The molecule has 2 aromatic carbocycles. The van der Waals surface area contributed by atoms with E-state index in [1.165, 1.54) is 0 Å². The molecule has 2 aliphatic heterocycles. The van der Waals surface area contributed by atoms with Gasteiger partial charge in [0.15, 0.2) is 6.10 Å². The lowest BCUT2D eigenvalue weighted by Crippen LogP contribution is -2.41. The summed E-state index contributed by atoms with van der Waals surface area (Å²) in [6, 6.07) is 13.9. The summed E-state index contributed by atoms with van der Waals surface area (Å²) in [4.78, 5) is 0. The number of ether oxygens (including phenoxy) is 2. The smallest absolute Gasteiger partial charge is 0.488 e. The lowest BCUT2D eigenvalue weighted by Gasteiger charge is -2.32. The molecule has 0 aromatic heterocycles. The van der Waals surface area contributed by atoms with Crippen LogP contribution in [-0.2, 0) is 9.31 Å². The third-order valence-corrected chi connectivity index (χ3v) is 6.03. The average Bonchev–Trinajstić information content (AvgIpc) is 3.08. The molecule has 136 valence electrons. The first-order valence-corrected chi connectivity index (χ1v) is 9.60. The van der Waals surface area contributed by atoms with Crippen molar-refractivity contribution in [3.63, 3.8) is 0 Å². The van der Waals surface area contributed by atoms with Crippen molar-refractivity contribution in [3.05, 3.63) is 52.5 Å². The molecule has 1 atom stereocenters. The summed E-state index contributed by atoms with van der Waals surface area (Å²) in [5, 5.41) is 0. The lowest BCUT2D eigenvalue weighted by molar-refractivity contribution is 0.00578. The maximum atomic E-state index is 6.13. The molecule has 0 saturated carbocycles. The van der Waals surface area contributed by atoms with Gasteiger partial charge in [0.1, 0.15) is 18.1 Å². The van der Waals surface area contributed by atoms with Crippen molar-refractivity contribution in [1.82, 2.24) is 0 Å². The fourth-order valence-electron chi connectivity index (χ4n) is 3.12. The van der Waals surface area contributed by atoms with Crippen LogP contribution in [0, 0.1) is 0 Å². The molecule has 1 unspecified atom stereocenters. The van der Waals surface area contributed by atoms with Gasteiger partial charge in [0.2, 0.25) is 0 Å². The summed E-state index contributed by atoms with van der Waals surface area (Å²) in [6.07, 6.45) is -0.106. The topological polar surface area (TPSA) is 36.9 Å². The van der Waals surface area contributed by atoms with Crippen molar-refractivity contribution in [1.29, 1.82) is 0 Å². The van der Waals surface area contributed by atoms with Crippen LogP contribution in [0.3, 0.4) is 0 Å². The minimum Gasteiger partial charge on any atom is -0.488 e. The highest BCUT2D eigenvalue weighted by Crippen LogP contribution is 2.40. The van der Waals surface area contributed by atoms with Gasteiger partial charge in [-0.1, -0.05) is 24.3 Å². The van der Waals surface area contributed by atoms with Gasteiger partial charge >= 0.3 is 7.12 Å². The molecule has 1 fully saturated rings. The molecular formula is C20H22BBrO4. The summed E-state index contributed by atoms with van der Waals surface area (Å²) >= 11 is 3.52. The predicted octanol–water partition coefficient (Wildman–Crippen LogP) is 4.26. The summed E-state index contributed by atoms with van der Waals surface area (Å²) < 4.78 is 25.0. The quantitative estimate of drug-likeness (QED) is 0.700. The first kappa shape index (κ1) is 17.9. The second kappa shape index (κ2) is 6.29. The van der Waals surface area contributed by atoms with Gasteiger partial charge in [-0.05, 0) is 67.3 Å². The zero-order chi connectivity index (χ0) is 18.5. The van der Waals surface area contributed by atoms with Crippen molar-refractivity contribution >= 4 is 28.5 Å². The molecule has 0 aliphatic carbocycles. The van der Waals surface area contributed by atoms with Crippen LogP contribution < -0.4 is 14.9 Å². The van der Waals surface area contributed by atoms with Crippen molar-refractivity contribution in [3.8, 4) is 11.5 Å². The van der Waals surface area contributed by atoms with Crippen LogP contribution in [0.2, 0.25) is 0 Å². The molecule has 6 heteroatoms. The monoisotopic (exact) mass is 416 g/mol. The molecule has 0 radical (unpaired) electrons. The SMILES string of the molecule is CC1(C)OB(c2ccc(OC3COc4c(Br)cccc43)cc2)OC1(C)C. The highest BCUT2D eigenvalue weighted by Gasteiger charge is 2.51. The molecule has 26 heavy (non-hydrogen) atoms. The number of rotatable bonds is 3. The van der Waals surface area contributed by atoms with E-state index in [-0.39, 0.29) is 24.4 Å². The third-order valence-electron chi connectivity index (χ3n) is 5.41. The normalized spacial score (nSPS) is 22.8. The minimum absolute atomic E-state index is 0.106. The molecule has 0 bridgehead atoms. The Kier molecular flexibility index (Phi) is 4.33. The van der Waals surface area contributed by atoms with Gasteiger partial charge in [-0.3, -0.25) is 0 Å². The Balaban J connectivity index is 1.48. The van der Waals surface area contributed by atoms with E-state index in [1.807, 2.05) is 42.5 Å². The summed E-state index contributed by atoms with van der Waals surface area (Å²) in [5.74, 6) is 1.66. The van der Waals surface area contributed by atoms with E-state index in [1.54, 1.807) is 0 Å². The third kappa shape index (κ3) is 3.04.